The molecule has 3 aromatic heterocycles. The molecule has 2 aliphatic heterocycles. The van der Waals surface area contributed by atoms with Crippen molar-refractivity contribution in [2.24, 2.45) is 0 Å². The molecule has 0 radical (unpaired) electrons. The summed E-state index contributed by atoms with van der Waals surface area (Å²) in [6.07, 6.45) is 4.20. The number of rotatable bonds is 5. The van der Waals surface area contributed by atoms with Crippen LogP contribution in [0.4, 0.5) is 10.2 Å². The van der Waals surface area contributed by atoms with Gasteiger partial charge in [-0.25, -0.2) is 9.50 Å². The van der Waals surface area contributed by atoms with Gasteiger partial charge in [0.15, 0.2) is 11.6 Å². The van der Waals surface area contributed by atoms with E-state index in [-0.39, 0.29) is 30.6 Å². The Morgan fingerprint density at radius 1 is 1.26 bits per heavy atom. The lowest BCUT2D eigenvalue weighted by molar-refractivity contribution is -0.132. The first kappa shape index (κ1) is 22.0. The third-order valence-corrected chi connectivity index (χ3v) is 6.02. The number of hydrogen-bond donors (Lipinski definition) is 0. The standard InChI is InChI=1S/C23H24FN7O3/c24-20-22(29-10-12-33-13-11-29)27-21(17-14-26-31-9-2-1-5-18(17)31)28-23(20)34-16-4-3-8-30(15-16)19(32)6-7-25/h1-2,5,9,14,16H,3-4,6,8,10-13,15H2/t16-/m1/s1. The average Bonchev–Trinajstić information content (AvgIpc) is 3.30. The second-order valence-electron chi connectivity index (χ2n) is 8.23. The Labute approximate surface area is 195 Å². The lowest BCUT2D eigenvalue weighted by atomic mass is 10.1. The Hall–Kier alpha value is -3.78. The van der Waals surface area contributed by atoms with Crippen LogP contribution in [0, 0.1) is 17.1 Å². The molecule has 3 aromatic rings. The Bertz CT molecular complexity index is 1240. The van der Waals surface area contributed by atoms with Gasteiger partial charge in [0, 0.05) is 25.8 Å². The van der Waals surface area contributed by atoms with E-state index < -0.39 is 11.9 Å². The molecule has 0 bridgehead atoms. The van der Waals surface area contributed by atoms with Gasteiger partial charge < -0.3 is 19.3 Å². The number of anilines is 1. The summed E-state index contributed by atoms with van der Waals surface area (Å²) < 4.78 is 28.8. The topological polar surface area (TPSA) is 109 Å². The third-order valence-electron chi connectivity index (χ3n) is 6.02. The fourth-order valence-corrected chi connectivity index (χ4v) is 4.30. The van der Waals surface area contributed by atoms with Gasteiger partial charge in [-0.05, 0) is 25.0 Å². The van der Waals surface area contributed by atoms with Crippen LogP contribution in [0.25, 0.3) is 16.9 Å². The summed E-state index contributed by atoms with van der Waals surface area (Å²) in [5.41, 5.74) is 1.45. The Morgan fingerprint density at radius 2 is 2.12 bits per heavy atom. The number of nitriles is 1. The summed E-state index contributed by atoms with van der Waals surface area (Å²) >= 11 is 0. The molecule has 0 N–H and O–H groups in total. The van der Waals surface area contributed by atoms with Gasteiger partial charge in [0.25, 0.3) is 5.88 Å². The summed E-state index contributed by atoms with van der Waals surface area (Å²) in [5, 5.41) is 13.2. The first-order valence-corrected chi connectivity index (χ1v) is 11.3. The molecule has 2 aliphatic rings. The number of ether oxygens (including phenoxy) is 2. The zero-order valence-electron chi connectivity index (χ0n) is 18.6. The lowest BCUT2D eigenvalue weighted by Gasteiger charge is -2.33. The minimum atomic E-state index is -0.636. The maximum Gasteiger partial charge on any atom is 0.256 e. The number of hydrogen-bond acceptors (Lipinski definition) is 8. The van der Waals surface area contributed by atoms with Crippen LogP contribution in [-0.4, -0.2) is 75.9 Å². The van der Waals surface area contributed by atoms with Crippen molar-refractivity contribution < 1.29 is 18.7 Å². The van der Waals surface area contributed by atoms with Crippen LogP contribution in [-0.2, 0) is 9.53 Å². The molecule has 0 aliphatic carbocycles. The molecular weight excluding hydrogens is 441 g/mol. The number of amides is 1. The maximum atomic E-state index is 15.6. The summed E-state index contributed by atoms with van der Waals surface area (Å²) in [7, 11) is 0. The van der Waals surface area contributed by atoms with E-state index in [2.05, 4.69) is 15.1 Å². The highest BCUT2D eigenvalue weighted by molar-refractivity contribution is 5.78. The highest BCUT2D eigenvalue weighted by Crippen LogP contribution is 2.32. The van der Waals surface area contributed by atoms with E-state index in [1.54, 1.807) is 15.6 Å². The number of halogens is 1. The molecule has 10 nitrogen and oxygen atoms in total. The monoisotopic (exact) mass is 465 g/mol. The zero-order chi connectivity index (χ0) is 23.5. The Morgan fingerprint density at radius 3 is 2.94 bits per heavy atom. The zero-order valence-corrected chi connectivity index (χ0v) is 18.6. The number of fused-ring (bicyclic) bond motifs is 1. The number of carbonyl (C=O) groups excluding carboxylic acids is 1. The molecule has 0 spiro atoms. The molecule has 1 atom stereocenters. The number of likely N-dealkylation sites (tertiary alicyclic amines) is 1. The maximum absolute atomic E-state index is 15.6. The van der Waals surface area contributed by atoms with Crippen LogP contribution < -0.4 is 9.64 Å². The van der Waals surface area contributed by atoms with Gasteiger partial charge in [0.1, 0.15) is 12.5 Å². The van der Waals surface area contributed by atoms with Crippen LogP contribution in [0.2, 0.25) is 0 Å². The van der Waals surface area contributed by atoms with E-state index >= 15 is 4.39 Å². The number of pyridine rings is 1. The Balaban J connectivity index is 1.50. The van der Waals surface area contributed by atoms with E-state index in [1.807, 2.05) is 35.4 Å². The van der Waals surface area contributed by atoms with Crippen molar-refractivity contribution in [3.8, 4) is 23.3 Å². The van der Waals surface area contributed by atoms with Crippen molar-refractivity contribution in [1.29, 1.82) is 5.26 Å². The molecule has 2 saturated heterocycles. The number of carbonyl (C=O) groups is 1. The molecule has 176 valence electrons. The van der Waals surface area contributed by atoms with Crippen molar-refractivity contribution in [1.82, 2.24) is 24.5 Å². The molecule has 5 rings (SSSR count). The Kier molecular flexibility index (Phi) is 6.22. The smallest absolute Gasteiger partial charge is 0.256 e. The van der Waals surface area contributed by atoms with Crippen LogP contribution in [0.3, 0.4) is 0 Å². The minimum absolute atomic E-state index is 0.152. The second kappa shape index (κ2) is 9.61. The van der Waals surface area contributed by atoms with Crippen LogP contribution in [0.5, 0.6) is 5.88 Å². The van der Waals surface area contributed by atoms with Crippen LogP contribution in [0.15, 0.2) is 30.6 Å². The summed E-state index contributed by atoms with van der Waals surface area (Å²) in [5.74, 6) is -0.567. The molecule has 34 heavy (non-hydrogen) atoms. The molecule has 5 heterocycles. The highest BCUT2D eigenvalue weighted by Gasteiger charge is 2.29. The van der Waals surface area contributed by atoms with Crippen molar-refractivity contribution in [3.05, 3.63) is 36.4 Å². The average molecular weight is 465 g/mol. The molecule has 2 fully saturated rings. The van der Waals surface area contributed by atoms with Gasteiger partial charge in [-0.15, -0.1) is 0 Å². The van der Waals surface area contributed by atoms with E-state index in [0.29, 0.717) is 57.1 Å². The normalized spacial score (nSPS) is 18.6. The van der Waals surface area contributed by atoms with Gasteiger partial charge in [0.05, 0.1) is 43.1 Å². The van der Waals surface area contributed by atoms with Crippen LogP contribution in [0.1, 0.15) is 19.3 Å². The predicted octanol–water partition coefficient (Wildman–Crippen LogP) is 2.05. The van der Waals surface area contributed by atoms with Crippen molar-refractivity contribution >= 4 is 17.2 Å². The van der Waals surface area contributed by atoms with E-state index in [9.17, 15) is 4.79 Å². The van der Waals surface area contributed by atoms with E-state index in [4.69, 9.17) is 14.7 Å². The fraction of sp³-hybridized carbons (Fsp3) is 0.435. The minimum Gasteiger partial charge on any atom is -0.470 e. The molecule has 0 aromatic carbocycles. The first-order chi connectivity index (χ1) is 16.6. The SMILES string of the molecule is N#CCC(=O)N1CCC[C@@H](Oc2nc(-c3cnn4ccccc34)nc(N3CCOCC3)c2F)C1. The number of piperidine rings is 1. The fourth-order valence-electron chi connectivity index (χ4n) is 4.30. The van der Waals surface area contributed by atoms with Gasteiger partial charge in [-0.3, -0.25) is 4.79 Å². The molecule has 11 heteroatoms. The van der Waals surface area contributed by atoms with Gasteiger partial charge in [0.2, 0.25) is 11.7 Å². The van der Waals surface area contributed by atoms with Crippen molar-refractivity contribution in [3.63, 3.8) is 0 Å². The lowest BCUT2D eigenvalue weighted by Crippen LogP contribution is -2.44. The summed E-state index contributed by atoms with van der Waals surface area (Å²) in [4.78, 5) is 24.6. The summed E-state index contributed by atoms with van der Waals surface area (Å²) in [6, 6.07) is 7.53. The first-order valence-electron chi connectivity index (χ1n) is 11.3. The quantitative estimate of drug-likeness (QED) is 0.563. The second-order valence-corrected chi connectivity index (χ2v) is 8.23. The van der Waals surface area contributed by atoms with Crippen molar-refractivity contribution in [2.75, 3.05) is 44.3 Å². The summed E-state index contributed by atoms with van der Waals surface area (Å²) in [6.45, 7) is 2.79. The van der Waals surface area contributed by atoms with Gasteiger partial charge in [-0.2, -0.15) is 19.7 Å². The molecule has 0 unspecified atom stereocenters. The van der Waals surface area contributed by atoms with Crippen LogP contribution >= 0.6 is 0 Å². The number of aromatic nitrogens is 4. The van der Waals surface area contributed by atoms with Gasteiger partial charge >= 0.3 is 0 Å². The highest BCUT2D eigenvalue weighted by atomic mass is 19.1. The van der Waals surface area contributed by atoms with Gasteiger partial charge in [-0.1, -0.05) is 6.07 Å². The number of morpholine rings is 1. The number of nitrogens with zero attached hydrogens (tertiary/aromatic N) is 7. The van der Waals surface area contributed by atoms with E-state index in [0.717, 1.165) is 5.52 Å². The molecule has 1 amide bonds. The van der Waals surface area contributed by atoms with E-state index in [1.165, 1.54) is 0 Å². The molecular formula is C23H24FN7O3. The van der Waals surface area contributed by atoms with Crippen molar-refractivity contribution in [2.45, 2.75) is 25.4 Å². The largest absolute Gasteiger partial charge is 0.470 e. The predicted molar refractivity (Wildman–Crippen MR) is 120 cm³/mol. The molecule has 0 saturated carbocycles. The third kappa shape index (κ3) is 4.36.